The van der Waals surface area contributed by atoms with Crippen LogP contribution in [-0.4, -0.2) is 0 Å². The van der Waals surface area contributed by atoms with Crippen LogP contribution >= 0.6 is 50.7 Å². The molecule has 0 saturated carbocycles. The molecular weight excluding hydrogens is 356 g/mol. The first-order chi connectivity index (χ1) is 8.56. The Kier molecular flexibility index (Phi) is 4.79. The van der Waals surface area contributed by atoms with Crippen LogP contribution in [0, 0.1) is 0 Å². The van der Waals surface area contributed by atoms with Crippen molar-refractivity contribution in [3.8, 4) is 0 Å². The van der Waals surface area contributed by atoms with Crippen LogP contribution in [0.25, 0.3) is 0 Å². The van der Waals surface area contributed by atoms with Crippen molar-refractivity contribution in [1.29, 1.82) is 0 Å². The summed E-state index contributed by atoms with van der Waals surface area (Å²) in [6, 6.07) is 11.1. The number of hydrogen-bond acceptors (Lipinski definition) is 1. The van der Waals surface area contributed by atoms with E-state index in [4.69, 9.17) is 34.8 Å². The highest BCUT2D eigenvalue weighted by atomic mass is 79.9. The van der Waals surface area contributed by atoms with Gasteiger partial charge in [0, 0.05) is 26.8 Å². The Labute approximate surface area is 129 Å². The monoisotopic (exact) mass is 363 g/mol. The molecule has 0 heterocycles. The van der Waals surface area contributed by atoms with Gasteiger partial charge in [-0.3, -0.25) is 0 Å². The van der Waals surface area contributed by atoms with Gasteiger partial charge in [0.1, 0.15) is 0 Å². The van der Waals surface area contributed by atoms with Crippen molar-refractivity contribution in [2.75, 3.05) is 5.32 Å². The van der Waals surface area contributed by atoms with Gasteiger partial charge in [-0.25, -0.2) is 0 Å². The van der Waals surface area contributed by atoms with Gasteiger partial charge in [0.05, 0.1) is 5.02 Å². The second kappa shape index (κ2) is 6.16. The number of hydrogen-bond donors (Lipinski definition) is 1. The fraction of sp³-hybridized carbons (Fsp3) is 0.0769. The van der Waals surface area contributed by atoms with Gasteiger partial charge >= 0.3 is 0 Å². The summed E-state index contributed by atoms with van der Waals surface area (Å²) in [5, 5.41) is 5.25. The summed E-state index contributed by atoms with van der Waals surface area (Å²) in [6.07, 6.45) is 0. The van der Waals surface area contributed by atoms with E-state index in [1.807, 2.05) is 30.3 Å². The Bertz CT molecular complexity index is 572. The van der Waals surface area contributed by atoms with Crippen LogP contribution in [0.1, 0.15) is 5.56 Å². The lowest BCUT2D eigenvalue weighted by Gasteiger charge is -2.09. The Hall–Kier alpha value is -0.410. The molecular formula is C13H9BrCl3N. The van der Waals surface area contributed by atoms with E-state index in [0.717, 1.165) is 15.7 Å². The van der Waals surface area contributed by atoms with Gasteiger partial charge in [-0.2, -0.15) is 0 Å². The van der Waals surface area contributed by atoms with Crippen LogP contribution in [-0.2, 0) is 6.54 Å². The molecule has 94 valence electrons. The second-order valence-corrected chi connectivity index (χ2v) is 5.82. The quantitative estimate of drug-likeness (QED) is 0.701. The highest BCUT2D eigenvalue weighted by molar-refractivity contribution is 9.10. The Morgan fingerprint density at radius 1 is 0.944 bits per heavy atom. The first-order valence-electron chi connectivity index (χ1n) is 5.19. The predicted molar refractivity (Wildman–Crippen MR) is 82.9 cm³/mol. The molecule has 1 nitrogen and oxygen atoms in total. The van der Waals surface area contributed by atoms with Gasteiger partial charge in [0.25, 0.3) is 0 Å². The van der Waals surface area contributed by atoms with Crippen molar-refractivity contribution in [1.82, 2.24) is 0 Å². The van der Waals surface area contributed by atoms with Crippen molar-refractivity contribution in [2.45, 2.75) is 6.54 Å². The fourth-order valence-electron chi connectivity index (χ4n) is 1.47. The summed E-state index contributed by atoms with van der Waals surface area (Å²) in [5.41, 5.74) is 1.96. The van der Waals surface area contributed by atoms with E-state index < -0.39 is 0 Å². The van der Waals surface area contributed by atoms with Crippen LogP contribution in [0.15, 0.2) is 40.9 Å². The molecule has 0 saturated heterocycles. The zero-order chi connectivity index (χ0) is 13.1. The first-order valence-corrected chi connectivity index (χ1v) is 7.12. The SMILES string of the molecule is Clc1ccc(CNc2ccc(Cl)c(Br)c2)c(Cl)c1. The Balaban J connectivity index is 2.09. The van der Waals surface area contributed by atoms with Crippen molar-refractivity contribution in [2.24, 2.45) is 0 Å². The van der Waals surface area contributed by atoms with E-state index in [9.17, 15) is 0 Å². The maximum atomic E-state index is 6.10. The molecule has 2 aromatic rings. The molecule has 0 unspecified atom stereocenters. The van der Waals surface area contributed by atoms with Gasteiger partial charge in [-0.1, -0.05) is 40.9 Å². The lowest BCUT2D eigenvalue weighted by molar-refractivity contribution is 1.15. The van der Waals surface area contributed by atoms with Crippen LogP contribution in [0.4, 0.5) is 5.69 Å². The topological polar surface area (TPSA) is 12.0 Å². The molecule has 0 aliphatic heterocycles. The van der Waals surface area contributed by atoms with Crippen LogP contribution in [0.2, 0.25) is 15.1 Å². The van der Waals surface area contributed by atoms with Crippen LogP contribution < -0.4 is 5.32 Å². The molecule has 0 amide bonds. The molecule has 5 heteroatoms. The van der Waals surface area contributed by atoms with Crippen molar-refractivity contribution < 1.29 is 0 Å². The molecule has 18 heavy (non-hydrogen) atoms. The minimum atomic E-state index is 0.629. The maximum Gasteiger partial charge on any atom is 0.0549 e. The minimum absolute atomic E-state index is 0.629. The Morgan fingerprint density at radius 3 is 2.39 bits per heavy atom. The van der Waals surface area contributed by atoms with E-state index in [0.29, 0.717) is 21.6 Å². The molecule has 1 N–H and O–H groups in total. The molecule has 0 aromatic heterocycles. The molecule has 0 radical (unpaired) electrons. The summed E-state index contributed by atoms with van der Waals surface area (Å²) in [7, 11) is 0. The lowest BCUT2D eigenvalue weighted by Crippen LogP contribution is -1.99. The minimum Gasteiger partial charge on any atom is -0.381 e. The first kappa shape index (κ1) is 14.0. The van der Waals surface area contributed by atoms with Crippen molar-refractivity contribution in [3.63, 3.8) is 0 Å². The third kappa shape index (κ3) is 3.55. The van der Waals surface area contributed by atoms with Gasteiger partial charge in [-0.05, 0) is 51.8 Å². The summed E-state index contributed by atoms with van der Waals surface area (Å²) in [5.74, 6) is 0. The number of halogens is 4. The third-order valence-electron chi connectivity index (χ3n) is 2.42. The number of benzene rings is 2. The van der Waals surface area contributed by atoms with E-state index in [2.05, 4.69) is 21.2 Å². The number of nitrogens with one attached hydrogen (secondary N) is 1. The summed E-state index contributed by atoms with van der Waals surface area (Å²) in [4.78, 5) is 0. The highest BCUT2D eigenvalue weighted by Crippen LogP contribution is 2.26. The summed E-state index contributed by atoms with van der Waals surface area (Å²) >= 11 is 21.3. The molecule has 0 aliphatic rings. The molecule has 0 spiro atoms. The fourth-order valence-corrected chi connectivity index (χ4v) is 2.44. The zero-order valence-electron chi connectivity index (χ0n) is 9.18. The largest absolute Gasteiger partial charge is 0.381 e. The summed E-state index contributed by atoms with van der Waals surface area (Å²) < 4.78 is 0.858. The maximum absolute atomic E-state index is 6.10. The van der Waals surface area contributed by atoms with Gasteiger partial charge in [0.15, 0.2) is 0 Å². The second-order valence-electron chi connectivity index (χ2n) is 3.72. The normalized spacial score (nSPS) is 10.4. The van der Waals surface area contributed by atoms with Crippen LogP contribution in [0.5, 0.6) is 0 Å². The molecule has 0 fully saturated rings. The molecule has 2 aromatic carbocycles. The van der Waals surface area contributed by atoms with E-state index in [-0.39, 0.29) is 0 Å². The van der Waals surface area contributed by atoms with Crippen molar-refractivity contribution in [3.05, 3.63) is 61.5 Å². The van der Waals surface area contributed by atoms with Gasteiger partial charge < -0.3 is 5.32 Å². The molecule has 2 rings (SSSR count). The Morgan fingerprint density at radius 2 is 1.72 bits per heavy atom. The van der Waals surface area contributed by atoms with Crippen LogP contribution in [0.3, 0.4) is 0 Å². The highest BCUT2D eigenvalue weighted by Gasteiger charge is 2.02. The van der Waals surface area contributed by atoms with Crippen molar-refractivity contribution >= 4 is 56.4 Å². The average Bonchev–Trinajstić information content (AvgIpc) is 2.32. The molecule has 0 bridgehead atoms. The number of rotatable bonds is 3. The smallest absolute Gasteiger partial charge is 0.0549 e. The third-order valence-corrected chi connectivity index (χ3v) is 4.22. The zero-order valence-corrected chi connectivity index (χ0v) is 13.0. The summed E-state index contributed by atoms with van der Waals surface area (Å²) in [6.45, 7) is 0.629. The van der Waals surface area contributed by atoms with E-state index in [1.165, 1.54) is 0 Å². The average molecular weight is 365 g/mol. The standard InChI is InChI=1S/C13H9BrCl3N/c14-11-6-10(3-4-12(11)16)18-7-8-1-2-9(15)5-13(8)17/h1-6,18H,7H2. The van der Waals surface area contributed by atoms with E-state index in [1.54, 1.807) is 6.07 Å². The van der Waals surface area contributed by atoms with Gasteiger partial charge in [0.2, 0.25) is 0 Å². The predicted octanol–water partition coefficient (Wildman–Crippen LogP) is 6.02. The number of anilines is 1. The molecule has 0 atom stereocenters. The van der Waals surface area contributed by atoms with E-state index >= 15 is 0 Å². The van der Waals surface area contributed by atoms with Gasteiger partial charge in [-0.15, -0.1) is 0 Å². The lowest BCUT2D eigenvalue weighted by atomic mass is 10.2. The molecule has 0 aliphatic carbocycles.